The van der Waals surface area contributed by atoms with E-state index in [1.165, 1.54) is 0 Å². The van der Waals surface area contributed by atoms with Crippen molar-refractivity contribution in [3.63, 3.8) is 0 Å². The number of ether oxygens (including phenoxy) is 1. The van der Waals surface area contributed by atoms with E-state index in [1.54, 1.807) is 7.11 Å². The van der Waals surface area contributed by atoms with E-state index in [9.17, 15) is 4.79 Å². The summed E-state index contributed by atoms with van der Waals surface area (Å²) in [6.07, 6.45) is 0.920. The molecule has 0 aliphatic carbocycles. The van der Waals surface area contributed by atoms with Gasteiger partial charge in [0.25, 0.3) is 0 Å². The third kappa shape index (κ3) is 6.33. The summed E-state index contributed by atoms with van der Waals surface area (Å²) in [6.45, 7) is 2.39. The lowest BCUT2D eigenvalue weighted by molar-refractivity contribution is -0.117. The second-order valence-electron chi connectivity index (χ2n) is 4.54. The number of amides is 1. The minimum Gasteiger partial charge on any atom is -0.385 e. The highest BCUT2D eigenvalue weighted by molar-refractivity contribution is 5.92. The quantitative estimate of drug-likeness (QED) is 0.690. The van der Waals surface area contributed by atoms with Crippen LogP contribution in [0.4, 0.5) is 5.69 Å². The highest BCUT2D eigenvalue weighted by Crippen LogP contribution is 2.09. The van der Waals surface area contributed by atoms with Gasteiger partial charge in [-0.1, -0.05) is 12.1 Å². The molecule has 106 valence electrons. The summed E-state index contributed by atoms with van der Waals surface area (Å²) in [6, 6.07) is 7.58. The van der Waals surface area contributed by atoms with Crippen LogP contribution < -0.4 is 11.1 Å². The number of methoxy groups -OCH3 is 1. The van der Waals surface area contributed by atoms with E-state index >= 15 is 0 Å². The summed E-state index contributed by atoms with van der Waals surface area (Å²) < 4.78 is 4.98. The van der Waals surface area contributed by atoms with E-state index in [1.807, 2.05) is 36.2 Å². The van der Waals surface area contributed by atoms with Gasteiger partial charge < -0.3 is 15.8 Å². The maximum absolute atomic E-state index is 11.8. The zero-order chi connectivity index (χ0) is 14.1. The summed E-state index contributed by atoms with van der Waals surface area (Å²) in [5.41, 5.74) is 7.36. The molecule has 0 saturated carbocycles. The number of carbonyl (C=O) groups is 1. The fraction of sp³-hybridized carbons (Fsp3) is 0.500. The zero-order valence-corrected chi connectivity index (χ0v) is 11.7. The number of nitrogens with one attached hydrogen (secondary N) is 1. The van der Waals surface area contributed by atoms with Crippen molar-refractivity contribution in [1.82, 2.24) is 4.90 Å². The van der Waals surface area contributed by atoms with Crippen LogP contribution in [0.1, 0.15) is 12.0 Å². The summed E-state index contributed by atoms with van der Waals surface area (Å²) >= 11 is 0. The number of likely N-dealkylation sites (N-methyl/N-ethyl adjacent to an activating group) is 1. The average Bonchev–Trinajstić information content (AvgIpc) is 2.39. The molecular formula is C14H23N3O2. The number of benzene rings is 1. The average molecular weight is 265 g/mol. The van der Waals surface area contributed by atoms with Gasteiger partial charge in [-0.3, -0.25) is 9.69 Å². The number of nitrogens with zero attached hydrogens (tertiary/aromatic N) is 1. The molecular weight excluding hydrogens is 242 g/mol. The smallest absolute Gasteiger partial charge is 0.238 e. The fourth-order valence-corrected chi connectivity index (χ4v) is 1.78. The minimum absolute atomic E-state index is 0.0194. The van der Waals surface area contributed by atoms with Gasteiger partial charge in [0.2, 0.25) is 5.91 Å². The van der Waals surface area contributed by atoms with Crippen LogP contribution in [0.5, 0.6) is 0 Å². The van der Waals surface area contributed by atoms with Gasteiger partial charge in [0.15, 0.2) is 0 Å². The van der Waals surface area contributed by atoms with Crippen molar-refractivity contribution < 1.29 is 9.53 Å². The number of hydrogen-bond acceptors (Lipinski definition) is 4. The van der Waals surface area contributed by atoms with Gasteiger partial charge in [-0.15, -0.1) is 0 Å². The van der Waals surface area contributed by atoms with E-state index in [-0.39, 0.29) is 5.91 Å². The monoisotopic (exact) mass is 265 g/mol. The lowest BCUT2D eigenvalue weighted by atomic mass is 10.2. The second kappa shape index (κ2) is 8.63. The minimum atomic E-state index is -0.0194. The van der Waals surface area contributed by atoms with Crippen molar-refractivity contribution in [2.75, 3.05) is 39.2 Å². The Morgan fingerprint density at radius 2 is 2.26 bits per heavy atom. The topological polar surface area (TPSA) is 67.6 Å². The maximum Gasteiger partial charge on any atom is 0.238 e. The molecule has 0 atom stereocenters. The molecule has 0 unspecified atom stereocenters. The van der Waals surface area contributed by atoms with E-state index < -0.39 is 0 Å². The Morgan fingerprint density at radius 3 is 2.95 bits per heavy atom. The number of anilines is 1. The Bertz CT molecular complexity index is 396. The molecule has 1 rings (SSSR count). The Morgan fingerprint density at radius 1 is 1.47 bits per heavy atom. The van der Waals surface area contributed by atoms with Crippen molar-refractivity contribution >= 4 is 11.6 Å². The van der Waals surface area contributed by atoms with Crippen molar-refractivity contribution in [1.29, 1.82) is 0 Å². The number of hydrogen-bond donors (Lipinski definition) is 2. The number of nitrogens with two attached hydrogens (primary N) is 1. The summed E-state index contributed by atoms with van der Waals surface area (Å²) in [5.74, 6) is -0.0194. The molecule has 0 aromatic heterocycles. The molecule has 19 heavy (non-hydrogen) atoms. The zero-order valence-electron chi connectivity index (χ0n) is 11.7. The van der Waals surface area contributed by atoms with Gasteiger partial charge in [-0.25, -0.2) is 0 Å². The third-order valence-corrected chi connectivity index (χ3v) is 2.75. The fourth-order valence-electron chi connectivity index (χ4n) is 1.78. The van der Waals surface area contributed by atoms with E-state index in [0.717, 1.165) is 24.2 Å². The molecule has 1 aromatic rings. The van der Waals surface area contributed by atoms with E-state index in [4.69, 9.17) is 10.5 Å². The van der Waals surface area contributed by atoms with Gasteiger partial charge in [-0.05, 0) is 31.2 Å². The van der Waals surface area contributed by atoms with Crippen LogP contribution in [-0.4, -0.2) is 44.7 Å². The molecule has 1 aromatic carbocycles. The summed E-state index contributed by atoms with van der Waals surface area (Å²) in [5, 5.41) is 2.87. The molecule has 0 radical (unpaired) electrons. The van der Waals surface area contributed by atoms with Crippen LogP contribution in [-0.2, 0) is 16.1 Å². The summed E-state index contributed by atoms with van der Waals surface area (Å²) in [4.78, 5) is 13.8. The molecule has 0 saturated heterocycles. The van der Waals surface area contributed by atoms with Gasteiger partial charge >= 0.3 is 0 Å². The first-order chi connectivity index (χ1) is 9.15. The maximum atomic E-state index is 11.8. The molecule has 5 nitrogen and oxygen atoms in total. The van der Waals surface area contributed by atoms with Crippen LogP contribution >= 0.6 is 0 Å². The SMILES string of the molecule is COCCCN(C)CC(=O)Nc1cccc(CN)c1. The van der Waals surface area contributed by atoms with E-state index in [2.05, 4.69) is 5.32 Å². The predicted molar refractivity (Wildman–Crippen MR) is 77.0 cm³/mol. The Kier molecular flexibility index (Phi) is 7.10. The molecule has 5 heteroatoms. The molecule has 0 heterocycles. The van der Waals surface area contributed by atoms with Crippen molar-refractivity contribution in [2.45, 2.75) is 13.0 Å². The predicted octanol–water partition coefficient (Wildman–Crippen LogP) is 1.05. The Balaban J connectivity index is 2.37. The number of carbonyl (C=O) groups excluding carboxylic acids is 1. The van der Waals surface area contributed by atoms with Gasteiger partial charge in [0.1, 0.15) is 0 Å². The first-order valence-corrected chi connectivity index (χ1v) is 6.42. The highest BCUT2D eigenvalue weighted by atomic mass is 16.5. The van der Waals surface area contributed by atoms with Crippen LogP contribution in [0.15, 0.2) is 24.3 Å². The Labute approximate surface area is 114 Å². The third-order valence-electron chi connectivity index (χ3n) is 2.75. The first-order valence-electron chi connectivity index (χ1n) is 6.42. The highest BCUT2D eigenvalue weighted by Gasteiger charge is 2.06. The van der Waals surface area contributed by atoms with Crippen LogP contribution in [0.2, 0.25) is 0 Å². The van der Waals surface area contributed by atoms with Crippen molar-refractivity contribution in [3.8, 4) is 0 Å². The first kappa shape index (κ1) is 15.6. The lowest BCUT2D eigenvalue weighted by Gasteiger charge is -2.16. The van der Waals surface area contributed by atoms with Gasteiger partial charge in [-0.2, -0.15) is 0 Å². The van der Waals surface area contributed by atoms with Crippen LogP contribution in [0.25, 0.3) is 0 Å². The Hall–Kier alpha value is -1.43. The second-order valence-corrected chi connectivity index (χ2v) is 4.54. The van der Waals surface area contributed by atoms with Gasteiger partial charge in [0, 0.05) is 32.5 Å². The molecule has 3 N–H and O–H groups in total. The van der Waals surface area contributed by atoms with E-state index in [0.29, 0.717) is 19.7 Å². The molecule has 0 spiro atoms. The molecule has 1 amide bonds. The standard InChI is InChI=1S/C14H23N3O2/c1-17(7-4-8-19-2)11-14(18)16-13-6-3-5-12(9-13)10-15/h3,5-6,9H,4,7-8,10-11,15H2,1-2H3,(H,16,18). The van der Waals surface area contributed by atoms with Gasteiger partial charge in [0.05, 0.1) is 6.54 Å². The van der Waals surface area contributed by atoms with Crippen molar-refractivity contribution in [2.24, 2.45) is 5.73 Å². The normalized spacial score (nSPS) is 10.7. The molecule has 0 bridgehead atoms. The molecule has 0 aliphatic heterocycles. The molecule has 0 fully saturated rings. The van der Waals surface area contributed by atoms with Crippen molar-refractivity contribution in [3.05, 3.63) is 29.8 Å². The summed E-state index contributed by atoms with van der Waals surface area (Å²) in [7, 11) is 3.60. The number of rotatable bonds is 8. The van der Waals surface area contributed by atoms with Crippen LogP contribution in [0, 0.1) is 0 Å². The lowest BCUT2D eigenvalue weighted by Crippen LogP contribution is -2.31. The molecule has 0 aliphatic rings. The largest absolute Gasteiger partial charge is 0.385 e. The van der Waals surface area contributed by atoms with Crippen LogP contribution in [0.3, 0.4) is 0 Å².